The molecular weight excluding hydrogens is 462 g/mol. The number of allylic oxidation sites excluding steroid dienone is 3. The third-order valence-corrected chi connectivity index (χ3v) is 4.99. The van der Waals surface area contributed by atoms with Gasteiger partial charge in [0, 0.05) is 16.2 Å². The number of anilines is 1. The number of nitrogens with zero attached hydrogens (tertiary/aromatic N) is 2. The van der Waals surface area contributed by atoms with Gasteiger partial charge in [0.05, 0.1) is 36.9 Å². The van der Waals surface area contributed by atoms with E-state index in [9.17, 15) is 4.79 Å². The van der Waals surface area contributed by atoms with Gasteiger partial charge >= 0.3 is 0 Å². The lowest BCUT2D eigenvalue weighted by Gasteiger charge is -2.19. The van der Waals surface area contributed by atoms with Crippen molar-refractivity contribution in [1.82, 2.24) is 9.78 Å². The van der Waals surface area contributed by atoms with Crippen LogP contribution in [0.1, 0.15) is 44.5 Å². The Kier molecular flexibility index (Phi) is 9.18. The van der Waals surface area contributed by atoms with E-state index in [4.69, 9.17) is 14.2 Å². The molecule has 1 aromatic heterocycles. The summed E-state index contributed by atoms with van der Waals surface area (Å²) in [5.74, 6) is 1.69. The van der Waals surface area contributed by atoms with E-state index in [1.807, 2.05) is 13.8 Å². The van der Waals surface area contributed by atoms with Crippen molar-refractivity contribution in [2.45, 2.75) is 40.7 Å². The van der Waals surface area contributed by atoms with Crippen LogP contribution in [0.4, 0.5) is 5.69 Å². The number of halogens is 1. The first-order valence-corrected chi connectivity index (χ1v) is 10.9. The third-order valence-electron chi connectivity index (χ3n) is 4.33. The summed E-state index contributed by atoms with van der Waals surface area (Å²) in [5, 5.41) is 7.16. The summed E-state index contributed by atoms with van der Waals surface area (Å²) < 4.78 is 18.7. The number of fused-ring (bicyclic) bond motifs is 1. The van der Waals surface area contributed by atoms with Crippen molar-refractivity contribution in [3.05, 3.63) is 58.0 Å². The van der Waals surface area contributed by atoms with Gasteiger partial charge in [-0.3, -0.25) is 9.48 Å². The second-order valence-corrected chi connectivity index (χ2v) is 7.94. The van der Waals surface area contributed by atoms with Crippen LogP contribution < -0.4 is 14.8 Å². The highest BCUT2D eigenvalue weighted by Crippen LogP contribution is 2.35. The van der Waals surface area contributed by atoms with E-state index in [2.05, 4.69) is 46.8 Å². The van der Waals surface area contributed by atoms with Crippen LogP contribution in [-0.2, 0) is 11.3 Å². The Hall–Kier alpha value is -2.74. The van der Waals surface area contributed by atoms with E-state index in [1.54, 1.807) is 36.3 Å². The summed E-state index contributed by atoms with van der Waals surface area (Å²) in [6.07, 6.45) is 4.61. The molecule has 0 radical (unpaired) electrons. The van der Waals surface area contributed by atoms with Crippen molar-refractivity contribution in [3.8, 4) is 11.5 Å². The maximum absolute atomic E-state index is 12.7. The zero-order valence-corrected chi connectivity index (χ0v) is 20.3. The van der Waals surface area contributed by atoms with Crippen molar-refractivity contribution in [3.63, 3.8) is 0 Å². The Balaban J connectivity index is 0.00000107. The van der Waals surface area contributed by atoms with Gasteiger partial charge in [-0.05, 0) is 47.5 Å². The Morgan fingerprint density at radius 1 is 1.26 bits per heavy atom. The summed E-state index contributed by atoms with van der Waals surface area (Å²) in [6, 6.07) is 3.41. The predicted octanol–water partition coefficient (Wildman–Crippen LogP) is 5.58. The van der Waals surface area contributed by atoms with Crippen LogP contribution >= 0.6 is 15.9 Å². The fourth-order valence-corrected chi connectivity index (χ4v) is 3.29. The molecule has 1 aliphatic heterocycles. The van der Waals surface area contributed by atoms with E-state index in [1.165, 1.54) is 6.42 Å². The van der Waals surface area contributed by atoms with E-state index in [0.717, 1.165) is 16.9 Å². The molecule has 0 unspecified atom stereocenters. The summed E-state index contributed by atoms with van der Waals surface area (Å²) in [6.45, 7) is 13.5. The molecule has 0 aliphatic carbocycles. The van der Waals surface area contributed by atoms with Gasteiger partial charge in [0.1, 0.15) is 13.2 Å². The maximum atomic E-state index is 12.7. The molecule has 31 heavy (non-hydrogen) atoms. The monoisotopic (exact) mass is 491 g/mol. The largest absolute Gasteiger partial charge is 0.501 e. The molecule has 1 N–H and O–H groups in total. The summed E-state index contributed by atoms with van der Waals surface area (Å²) in [5.41, 5.74) is 2.90. The molecule has 0 saturated heterocycles. The van der Waals surface area contributed by atoms with E-state index in [0.29, 0.717) is 47.0 Å². The zero-order chi connectivity index (χ0) is 23.0. The number of rotatable bonds is 6. The number of amides is 1. The van der Waals surface area contributed by atoms with Gasteiger partial charge in [0.2, 0.25) is 0 Å². The highest BCUT2D eigenvalue weighted by atomic mass is 79.9. The van der Waals surface area contributed by atoms with Crippen molar-refractivity contribution in [2.24, 2.45) is 0 Å². The van der Waals surface area contributed by atoms with Crippen LogP contribution in [0.2, 0.25) is 0 Å². The number of nitrogens with one attached hydrogen (secondary N) is 1. The summed E-state index contributed by atoms with van der Waals surface area (Å²) in [7, 11) is 1.62. The second-order valence-electron chi connectivity index (χ2n) is 7.08. The SMILES string of the molecule is C=C(C)/C(Cn1cc(NC(=O)c2cc3c(cc2Br)OCCO3)cn1)=C(/C)OC.CCC. The number of carbonyl (C=O) groups excluding carboxylic acids is 1. The number of ether oxygens (including phenoxy) is 3. The fraction of sp³-hybridized carbons (Fsp3) is 0.391. The number of methoxy groups -OCH3 is 1. The maximum Gasteiger partial charge on any atom is 0.257 e. The number of hydrogen-bond acceptors (Lipinski definition) is 5. The molecule has 2 heterocycles. The minimum Gasteiger partial charge on any atom is -0.501 e. The highest BCUT2D eigenvalue weighted by molar-refractivity contribution is 9.10. The summed E-state index contributed by atoms with van der Waals surface area (Å²) in [4.78, 5) is 12.7. The van der Waals surface area contributed by atoms with Gasteiger partial charge in [0.15, 0.2) is 11.5 Å². The second kappa shape index (κ2) is 11.6. The van der Waals surface area contributed by atoms with E-state index >= 15 is 0 Å². The fourth-order valence-electron chi connectivity index (χ4n) is 2.78. The number of benzene rings is 1. The first kappa shape index (κ1) is 24.5. The lowest BCUT2D eigenvalue weighted by molar-refractivity contribution is 0.102. The van der Waals surface area contributed by atoms with E-state index in [-0.39, 0.29) is 5.91 Å². The molecule has 3 rings (SSSR count). The van der Waals surface area contributed by atoms with Crippen molar-refractivity contribution in [1.29, 1.82) is 0 Å². The van der Waals surface area contributed by atoms with Crippen LogP contribution in [0.5, 0.6) is 11.5 Å². The standard InChI is InChI=1S/C20H22BrN3O4.C3H8/c1-12(2)16(13(3)26-4)11-24-10-14(9-22-24)23-20(25)15-7-18-19(8-17(15)21)28-6-5-27-18;1-3-2/h7-10H,1,5-6,11H2,2-4H3,(H,23,25);3H2,1-2H3/b16-13-;. The number of carbonyl (C=O) groups is 1. The Morgan fingerprint density at radius 3 is 2.45 bits per heavy atom. The van der Waals surface area contributed by atoms with Crippen LogP contribution in [-0.4, -0.2) is 36.0 Å². The molecule has 0 bridgehead atoms. The van der Waals surface area contributed by atoms with Crippen molar-refractivity contribution in [2.75, 3.05) is 25.6 Å². The lowest BCUT2D eigenvalue weighted by atomic mass is 10.1. The minimum atomic E-state index is -0.271. The quantitative estimate of drug-likeness (QED) is 0.421. The van der Waals surface area contributed by atoms with Crippen LogP contribution in [0.25, 0.3) is 0 Å². The molecule has 0 fully saturated rings. The normalized spacial score (nSPS) is 12.8. The molecule has 8 heteroatoms. The molecule has 1 amide bonds. The first-order valence-electron chi connectivity index (χ1n) is 10.1. The Morgan fingerprint density at radius 2 is 1.87 bits per heavy atom. The third kappa shape index (κ3) is 6.62. The topological polar surface area (TPSA) is 74.6 Å². The number of hydrogen-bond donors (Lipinski definition) is 1. The van der Waals surface area contributed by atoms with Crippen molar-refractivity contribution < 1.29 is 19.0 Å². The van der Waals surface area contributed by atoms with Crippen molar-refractivity contribution >= 4 is 27.5 Å². The predicted molar refractivity (Wildman–Crippen MR) is 126 cm³/mol. The smallest absolute Gasteiger partial charge is 0.257 e. The molecular formula is C23H30BrN3O4. The molecule has 1 aromatic carbocycles. The Labute approximate surface area is 192 Å². The summed E-state index contributed by atoms with van der Waals surface area (Å²) >= 11 is 3.42. The van der Waals surface area contributed by atoms with Gasteiger partial charge in [-0.15, -0.1) is 0 Å². The molecule has 0 atom stereocenters. The van der Waals surface area contributed by atoms with Gasteiger partial charge in [-0.25, -0.2) is 0 Å². The average Bonchev–Trinajstić information content (AvgIpc) is 3.18. The molecule has 1 aliphatic rings. The van der Waals surface area contributed by atoms with Gasteiger partial charge in [-0.1, -0.05) is 26.8 Å². The van der Waals surface area contributed by atoms with Crippen LogP contribution in [0.3, 0.4) is 0 Å². The molecule has 0 spiro atoms. The van der Waals surface area contributed by atoms with E-state index < -0.39 is 0 Å². The molecule has 2 aromatic rings. The molecule has 168 valence electrons. The van der Waals surface area contributed by atoms with Gasteiger partial charge < -0.3 is 19.5 Å². The Bertz CT molecular complexity index is 966. The van der Waals surface area contributed by atoms with Gasteiger partial charge in [-0.2, -0.15) is 5.10 Å². The number of aromatic nitrogens is 2. The minimum absolute atomic E-state index is 0.271. The first-order chi connectivity index (χ1) is 14.8. The molecule has 7 nitrogen and oxygen atoms in total. The van der Waals surface area contributed by atoms with Crippen LogP contribution in [0, 0.1) is 0 Å². The molecule has 0 saturated carbocycles. The highest BCUT2D eigenvalue weighted by Gasteiger charge is 2.19. The zero-order valence-electron chi connectivity index (χ0n) is 18.8. The average molecular weight is 492 g/mol. The van der Waals surface area contributed by atoms with Crippen LogP contribution in [0.15, 0.2) is 52.5 Å². The van der Waals surface area contributed by atoms with Gasteiger partial charge in [0.25, 0.3) is 5.91 Å². The lowest BCUT2D eigenvalue weighted by Crippen LogP contribution is -2.17.